The Labute approximate surface area is 106 Å². The van der Waals surface area contributed by atoms with Gasteiger partial charge in [0, 0.05) is 28.9 Å². The van der Waals surface area contributed by atoms with Crippen LogP contribution in [0.1, 0.15) is 16.7 Å². The molecule has 0 bridgehead atoms. The van der Waals surface area contributed by atoms with Crippen molar-refractivity contribution in [3.05, 3.63) is 21.9 Å². The Kier molecular flexibility index (Phi) is 5.61. The number of carbonyl (C=O) groups is 1. The standard InChI is InChI=1S/C12H20N2O2S/c1-9(14(2)3)7-13-8-11-5-4-10(17-11)6-12(15)16/h4-5,9,13H,6-8H2,1-3H3,(H,15,16). The number of aliphatic carboxylic acids is 1. The zero-order valence-electron chi connectivity index (χ0n) is 10.6. The molecule has 0 aliphatic carbocycles. The Balaban J connectivity index is 2.32. The summed E-state index contributed by atoms with van der Waals surface area (Å²) in [5, 5.41) is 12.0. The Bertz CT molecular complexity index is 363. The first kappa shape index (κ1) is 14.2. The van der Waals surface area contributed by atoms with Crippen LogP contribution in [0.25, 0.3) is 0 Å². The molecule has 1 rings (SSSR count). The first-order valence-corrected chi connectivity index (χ1v) is 6.47. The summed E-state index contributed by atoms with van der Waals surface area (Å²) in [6, 6.07) is 4.38. The van der Waals surface area contributed by atoms with Gasteiger partial charge in [0.05, 0.1) is 6.42 Å². The van der Waals surface area contributed by atoms with Crippen molar-refractivity contribution in [2.75, 3.05) is 20.6 Å². The lowest BCUT2D eigenvalue weighted by molar-refractivity contribution is -0.136. The first-order chi connectivity index (χ1) is 7.99. The highest BCUT2D eigenvalue weighted by Crippen LogP contribution is 2.16. The normalized spacial score (nSPS) is 12.9. The van der Waals surface area contributed by atoms with Gasteiger partial charge in [-0.2, -0.15) is 0 Å². The van der Waals surface area contributed by atoms with E-state index in [-0.39, 0.29) is 6.42 Å². The molecule has 5 heteroatoms. The molecule has 17 heavy (non-hydrogen) atoms. The van der Waals surface area contributed by atoms with E-state index in [1.807, 2.05) is 12.1 Å². The molecule has 0 fully saturated rings. The van der Waals surface area contributed by atoms with Crippen molar-refractivity contribution in [1.82, 2.24) is 10.2 Å². The van der Waals surface area contributed by atoms with Crippen LogP contribution in [0.5, 0.6) is 0 Å². The smallest absolute Gasteiger partial charge is 0.308 e. The van der Waals surface area contributed by atoms with Gasteiger partial charge in [0.1, 0.15) is 0 Å². The molecule has 4 nitrogen and oxygen atoms in total. The van der Waals surface area contributed by atoms with Crippen LogP contribution in [0.15, 0.2) is 12.1 Å². The van der Waals surface area contributed by atoms with Crippen LogP contribution in [0.3, 0.4) is 0 Å². The van der Waals surface area contributed by atoms with E-state index in [2.05, 4.69) is 31.2 Å². The second-order valence-electron chi connectivity index (χ2n) is 4.38. The number of hydrogen-bond acceptors (Lipinski definition) is 4. The molecule has 0 saturated carbocycles. The molecular formula is C12H20N2O2S. The monoisotopic (exact) mass is 256 g/mol. The van der Waals surface area contributed by atoms with Gasteiger partial charge in [0.2, 0.25) is 0 Å². The van der Waals surface area contributed by atoms with Gasteiger partial charge in [-0.3, -0.25) is 4.79 Å². The topological polar surface area (TPSA) is 52.6 Å². The molecule has 0 saturated heterocycles. The number of carboxylic acid groups (broad SMARTS) is 1. The fourth-order valence-corrected chi connectivity index (χ4v) is 2.33. The largest absolute Gasteiger partial charge is 0.481 e. The van der Waals surface area contributed by atoms with Gasteiger partial charge < -0.3 is 15.3 Å². The minimum Gasteiger partial charge on any atom is -0.481 e. The van der Waals surface area contributed by atoms with Crippen LogP contribution in [-0.4, -0.2) is 42.7 Å². The summed E-state index contributed by atoms with van der Waals surface area (Å²) in [4.78, 5) is 14.8. The second kappa shape index (κ2) is 6.74. The average Bonchev–Trinajstić information content (AvgIpc) is 2.64. The van der Waals surface area contributed by atoms with Gasteiger partial charge in [0.15, 0.2) is 0 Å². The van der Waals surface area contributed by atoms with Crippen LogP contribution in [-0.2, 0) is 17.8 Å². The molecule has 0 radical (unpaired) electrons. The van der Waals surface area contributed by atoms with E-state index in [0.29, 0.717) is 6.04 Å². The molecule has 0 aliphatic rings. The number of carboxylic acids is 1. The third-order valence-corrected chi connectivity index (χ3v) is 3.75. The predicted molar refractivity (Wildman–Crippen MR) is 70.5 cm³/mol. The van der Waals surface area contributed by atoms with Crippen molar-refractivity contribution >= 4 is 17.3 Å². The molecule has 0 aromatic carbocycles. The van der Waals surface area contributed by atoms with Crippen LogP contribution >= 0.6 is 11.3 Å². The molecule has 1 heterocycles. The van der Waals surface area contributed by atoms with Crippen LogP contribution < -0.4 is 5.32 Å². The highest BCUT2D eigenvalue weighted by Gasteiger charge is 2.06. The lowest BCUT2D eigenvalue weighted by Gasteiger charge is -2.19. The van der Waals surface area contributed by atoms with Crippen molar-refractivity contribution in [2.45, 2.75) is 25.9 Å². The average molecular weight is 256 g/mol. The molecule has 0 spiro atoms. The second-order valence-corrected chi connectivity index (χ2v) is 5.63. The number of rotatable bonds is 7. The van der Waals surface area contributed by atoms with E-state index < -0.39 is 5.97 Å². The molecule has 0 amide bonds. The highest BCUT2D eigenvalue weighted by atomic mass is 32.1. The third kappa shape index (κ3) is 5.30. The van der Waals surface area contributed by atoms with Gasteiger partial charge in [-0.1, -0.05) is 0 Å². The maximum Gasteiger partial charge on any atom is 0.308 e. The number of likely N-dealkylation sites (N-methyl/N-ethyl adjacent to an activating group) is 1. The molecule has 2 N–H and O–H groups in total. The fraction of sp³-hybridized carbons (Fsp3) is 0.583. The van der Waals surface area contributed by atoms with Crippen LogP contribution in [0.4, 0.5) is 0 Å². The van der Waals surface area contributed by atoms with Crippen molar-refractivity contribution in [1.29, 1.82) is 0 Å². The fourth-order valence-electron chi connectivity index (χ4n) is 1.35. The maximum atomic E-state index is 10.5. The van der Waals surface area contributed by atoms with E-state index in [1.165, 1.54) is 4.88 Å². The number of hydrogen-bond donors (Lipinski definition) is 2. The summed E-state index contributed by atoms with van der Waals surface area (Å²) >= 11 is 1.56. The molecule has 1 atom stereocenters. The van der Waals surface area contributed by atoms with Crippen molar-refractivity contribution in [3.8, 4) is 0 Å². The van der Waals surface area contributed by atoms with Gasteiger partial charge in [-0.25, -0.2) is 0 Å². The van der Waals surface area contributed by atoms with Crippen molar-refractivity contribution < 1.29 is 9.90 Å². The predicted octanol–water partition coefficient (Wildman–Crippen LogP) is 1.41. The first-order valence-electron chi connectivity index (χ1n) is 5.65. The zero-order valence-corrected chi connectivity index (χ0v) is 11.4. The third-order valence-electron chi connectivity index (χ3n) is 2.66. The van der Waals surface area contributed by atoms with Gasteiger partial charge in [0.25, 0.3) is 0 Å². The summed E-state index contributed by atoms with van der Waals surface area (Å²) < 4.78 is 0. The molecule has 1 aromatic heterocycles. The minimum atomic E-state index is -0.771. The maximum absolute atomic E-state index is 10.5. The van der Waals surface area contributed by atoms with E-state index in [1.54, 1.807) is 11.3 Å². The lowest BCUT2D eigenvalue weighted by Crippen LogP contribution is -2.34. The van der Waals surface area contributed by atoms with Crippen molar-refractivity contribution in [2.24, 2.45) is 0 Å². The zero-order chi connectivity index (χ0) is 12.8. The minimum absolute atomic E-state index is 0.124. The van der Waals surface area contributed by atoms with Crippen molar-refractivity contribution in [3.63, 3.8) is 0 Å². The summed E-state index contributed by atoms with van der Waals surface area (Å²) in [6.07, 6.45) is 0.124. The Hall–Kier alpha value is -0.910. The Morgan fingerprint density at radius 3 is 2.71 bits per heavy atom. The van der Waals surface area contributed by atoms with E-state index in [4.69, 9.17) is 5.11 Å². The quantitative estimate of drug-likeness (QED) is 0.774. The van der Waals surface area contributed by atoms with Gasteiger partial charge in [-0.05, 0) is 33.2 Å². The van der Waals surface area contributed by atoms with Crippen LogP contribution in [0.2, 0.25) is 0 Å². The van der Waals surface area contributed by atoms with E-state index >= 15 is 0 Å². The summed E-state index contributed by atoms with van der Waals surface area (Å²) in [5.41, 5.74) is 0. The van der Waals surface area contributed by atoms with E-state index in [0.717, 1.165) is 18.0 Å². The molecule has 0 aliphatic heterocycles. The highest BCUT2D eigenvalue weighted by molar-refractivity contribution is 7.12. The number of nitrogens with one attached hydrogen (secondary N) is 1. The molecular weight excluding hydrogens is 236 g/mol. The van der Waals surface area contributed by atoms with E-state index in [9.17, 15) is 4.79 Å². The molecule has 96 valence electrons. The molecule has 1 unspecified atom stereocenters. The SMILES string of the molecule is CC(CNCc1ccc(CC(=O)O)s1)N(C)C. The lowest BCUT2D eigenvalue weighted by atomic mass is 10.3. The summed E-state index contributed by atoms with van der Waals surface area (Å²) in [6.45, 7) is 3.90. The Morgan fingerprint density at radius 2 is 2.12 bits per heavy atom. The number of thiophene rings is 1. The summed E-state index contributed by atoms with van der Waals surface area (Å²) in [5.74, 6) is -0.771. The van der Waals surface area contributed by atoms with Gasteiger partial charge in [-0.15, -0.1) is 11.3 Å². The molecule has 1 aromatic rings. The summed E-state index contributed by atoms with van der Waals surface area (Å²) in [7, 11) is 4.12. The Morgan fingerprint density at radius 1 is 1.47 bits per heavy atom. The number of nitrogens with zero attached hydrogens (tertiary/aromatic N) is 1. The van der Waals surface area contributed by atoms with Gasteiger partial charge >= 0.3 is 5.97 Å². The van der Waals surface area contributed by atoms with Crippen LogP contribution in [0, 0.1) is 0 Å².